The molecule has 0 radical (unpaired) electrons. The fourth-order valence-corrected chi connectivity index (χ4v) is 2.25. The van der Waals surface area contributed by atoms with E-state index in [4.69, 9.17) is 10.3 Å². The van der Waals surface area contributed by atoms with Crippen molar-refractivity contribution in [2.75, 3.05) is 7.05 Å². The molecule has 1 saturated carbocycles. The standard InChI is InChI=1S/C13H21N3O2/c1-8-6-11(18-12(8)13(17)15-14)7-16(3)9(2)10-4-5-10/h6,9-10H,4-5,7,14H2,1-3H3,(H,15,17). The summed E-state index contributed by atoms with van der Waals surface area (Å²) in [5, 5.41) is 0. The van der Waals surface area contributed by atoms with Crippen LogP contribution in [0.1, 0.15) is 41.6 Å². The molecule has 0 spiro atoms. The molecule has 1 aliphatic carbocycles. The molecular formula is C13H21N3O2. The maximum Gasteiger partial charge on any atom is 0.301 e. The van der Waals surface area contributed by atoms with Crippen molar-refractivity contribution in [3.63, 3.8) is 0 Å². The number of furan rings is 1. The molecule has 2 rings (SSSR count). The first kappa shape index (κ1) is 13.1. The maximum atomic E-state index is 11.4. The average Bonchev–Trinajstić information content (AvgIpc) is 3.12. The second-order valence-electron chi connectivity index (χ2n) is 5.19. The van der Waals surface area contributed by atoms with Gasteiger partial charge in [-0.3, -0.25) is 15.1 Å². The van der Waals surface area contributed by atoms with Gasteiger partial charge in [-0.15, -0.1) is 0 Å². The molecule has 0 aromatic carbocycles. The molecule has 0 saturated heterocycles. The number of nitrogens with two attached hydrogens (primary N) is 1. The number of nitrogens with zero attached hydrogens (tertiary/aromatic N) is 1. The number of amides is 1. The topological polar surface area (TPSA) is 71.5 Å². The van der Waals surface area contributed by atoms with Crippen LogP contribution in [0, 0.1) is 12.8 Å². The zero-order chi connectivity index (χ0) is 13.3. The fraction of sp³-hybridized carbons (Fsp3) is 0.615. The summed E-state index contributed by atoms with van der Waals surface area (Å²) in [5.74, 6) is 6.66. The zero-order valence-corrected chi connectivity index (χ0v) is 11.2. The van der Waals surface area contributed by atoms with Gasteiger partial charge in [-0.1, -0.05) is 0 Å². The molecule has 1 heterocycles. The number of carbonyl (C=O) groups excluding carboxylic acids is 1. The highest BCUT2D eigenvalue weighted by Crippen LogP contribution is 2.35. The Balaban J connectivity index is 2.03. The summed E-state index contributed by atoms with van der Waals surface area (Å²) in [5.41, 5.74) is 2.91. The van der Waals surface area contributed by atoms with Crippen LogP contribution in [0.25, 0.3) is 0 Å². The summed E-state index contributed by atoms with van der Waals surface area (Å²) < 4.78 is 5.55. The van der Waals surface area contributed by atoms with Gasteiger partial charge in [0.2, 0.25) is 0 Å². The van der Waals surface area contributed by atoms with E-state index in [0.29, 0.717) is 11.8 Å². The van der Waals surface area contributed by atoms with Gasteiger partial charge in [-0.25, -0.2) is 5.84 Å². The molecule has 1 fully saturated rings. The van der Waals surface area contributed by atoms with Crippen LogP contribution in [-0.2, 0) is 6.54 Å². The number of nitrogen functional groups attached to an aromatic ring is 1. The van der Waals surface area contributed by atoms with Gasteiger partial charge in [-0.2, -0.15) is 0 Å². The lowest BCUT2D eigenvalue weighted by molar-refractivity contribution is 0.0920. The molecule has 0 aliphatic heterocycles. The highest BCUT2D eigenvalue weighted by molar-refractivity contribution is 5.92. The quantitative estimate of drug-likeness (QED) is 0.471. The Hall–Kier alpha value is -1.33. The van der Waals surface area contributed by atoms with E-state index >= 15 is 0 Å². The minimum Gasteiger partial charge on any atom is -0.454 e. The SMILES string of the molecule is Cc1cc(CN(C)C(C)C2CC2)oc1C(=O)NN. The van der Waals surface area contributed by atoms with Gasteiger partial charge in [-0.05, 0) is 45.7 Å². The van der Waals surface area contributed by atoms with Crippen LogP contribution in [-0.4, -0.2) is 23.9 Å². The van der Waals surface area contributed by atoms with Crippen LogP contribution in [0.2, 0.25) is 0 Å². The van der Waals surface area contributed by atoms with Crippen molar-refractivity contribution in [2.45, 2.75) is 39.3 Å². The van der Waals surface area contributed by atoms with Crippen LogP contribution < -0.4 is 11.3 Å². The van der Waals surface area contributed by atoms with Crippen molar-refractivity contribution in [3.8, 4) is 0 Å². The third kappa shape index (κ3) is 2.73. The van der Waals surface area contributed by atoms with Gasteiger partial charge >= 0.3 is 5.91 Å². The van der Waals surface area contributed by atoms with E-state index in [0.717, 1.165) is 23.8 Å². The molecule has 5 heteroatoms. The molecular weight excluding hydrogens is 230 g/mol. The van der Waals surface area contributed by atoms with Crippen LogP contribution in [0.5, 0.6) is 0 Å². The minimum absolute atomic E-state index is 0.306. The minimum atomic E-state index is -0.378. The first-order valence-corrected chi connectivity index (χ1v) is 6.33. The van der Waals surface area contributed by atoms with Crippen LogP contribution in [0.15, 0.2) is 10.5 Å². The molecule has 1 aromatic rings. The maximum absolute atomic E-state index is 11.4. The smallest absolute Gasteiger partial charge is 0.301 e. The molecule has 1 amide bonds. The van der Waals surface area contributed by atoms with Crippen LogP contribution >= 0.6 is 0 Å². The van der Waals surface area contributed by atoms with Gasteiger partial charge in [0.25, 0.3) is 0 Å². The van der Waals surface area contributed by atoms with Gasteiger partial charge in [0.15, 0.2) is 5.76 Å². The summed E-state index contributed by atoms with van der Waals surface area (Å²) in [7, 11) is 2.09. The number of nitrogens with one attached hydrogen (secondary N) is 1. The number of hydrazine groups is 1. The molecule has 5 nitrogen and oxygen atoms in total. The first-order valence-electron chi connectivity index (χ1n) is 6.33. The third-order valence-corrected chi connectivity index (χ3v) is 3.71. The van der Waals surface area contributed by atoms with Gasteiger partial charge in [0, 0.05) is 11.6 Å². The Labute approximate surface area is 107 Å². The zero-order valence-electron chi connectivity index (χ0n) is 11.2. The normalized spacial score (nSPS) is 16.9. The van der Waals surface area contributed by atoms with Crippen molar-refractivity contribution in [1.82, 2.24) is 10.3 Å². The Kier molecular flexibility index (Phi) is 3.73. The van der Waals surface area contributed by atoms with E-state index in [1.807, 2.05) is 13.0 Å². The molecule has 100 valence electrons. The van der Waals surface area contributed by atoms with E-state index < -0.39 is 0 Å². The summed E-state index contributed by atoms with van der Waals surface area (Å²) in [6.45, 7) is 4.80. The second kappa shape index (κ2) is 5.12. The van der Waals surface area contributed by atoms with Crippen molar-refractivity contribution in [2.24, 2.45) is 11.8 Å². The summed E-state index contributed by atoms with van der Waals surface area (Å²) in [6, 6.07) is 2.46. The van der Waals surface area contributed by atoms with Crippen molar-refractivity contribution >= 4 is 5.91 Å². The lowest BCUT2D eigenvalue weighted by Gasteiger charge is -2.23. The Morgan fingerprint density at radius 2 is 2.33 bits per heavy atom. The van der Waals surface area contributed by atoms with E-state index in [-0.39, 0.29) is 5.91 Å². The molecule has 1 aromatic heterocycles. The van der Waals surface area contributed by atoms with Gasteiger partial charge in [0.1, 0.15) is 5.76 Å². The van der Waals surface area contributed by atoms with E-state index in [9.17, 15) is 4.79 Å². The van der Waals surface area contributed by atoms with E-state index in [1.54, 1.807) is 0 Å². The predicted octanol–water partition coefficient (Wildman–Crippen LogP) is 1.42. The lowest BCUT2D eigenvalue weighted by Crippen LogP contribution is -2.30. The number of rotatable bonds is 5. The van der Waals surface area contributed by atoms with Crippen molar-refractivity contribution in [3.05, 3.63) is 23.2 Å². The van der Waals surface area contributed by atoms with Crippen molar-refractivity contribution in [1.29, 1.82) is 0 Å². The molecule has 18 heavy (non-hydrogen) atoms. The average molecular weight is 251 g/mol. The van der Waals surface area contributed by atoms with E-state index in [1.165, 1.54) is 12.8 Å². The molecule has 0 bridgehead atoms. The Morgan fingerprint density at radius 1 is 1.67 bits per heavy atom. The van der Waals surface area contributed by atoms with Crippen LogP contribution in [0.4, 0.5) is 0 Å². The molecule has 3 N–H and O–H groups in total. The van der Waals surface area contributed by atoms with Crippen LogP contribution in [0.3, 0.4) is 0 Å². The van der Waals surface area contributed by atoms with Gasteiger partial charge in [0.05, 0.1) is 6.54 Å². The Morgan fingerprint density at radius 3 is 2.89 bits per heavy atom. The van der Waals surface area contributed by atoms with E-state index in [2.05, 4.69) is 24.3 Å². The highest BCUT2D eigenvalue weighted by Gasteiger charge is 2.30. The second-order valence-corrected chi connectivity index (χ2v) is 5.19. The lowest BCUT2D eigenvalue weighted by atomic mass is 10.2. The summed E-state index contributed by atoms with van der Waals surface area (Å²) >= 11 is 0. The van der Waals surface area contributed by atoms with Gasteiger partial charge < -0.3 is 4.42 Å². The number of hydrogen-bond acceptors (Lipinski definition) is 4. The predicted molar refractivity (Wildman–Crippen MR) is 68.8 cm³/mol. The summed E-state index contributed by atoms with van der Waals surface area (Å²) in [6.07, 6.45) is 2.65. The number of hydrogen-bond donors (Lipinski definition) is 2. The Bertz CT molecular complexity index is 437. The van der Waals surface area contributed by atoms with Crippen molar-refractivity contribution < 1.29 is 9.21 Å². The third-order valence-electron chi connectivity index (χ3n) is 3.71. The highest BCUT2D eigenvalue weighted by atomic mass is 16.4. The largest absolute Gasteiger partial charge is 0.454 e. The monoisotopic (exact) mass is 251 g/mol. The molecule has 1 atom stereocenters. The molecule has 1 unspecified atom stereocenters. The fourth-order valence-electron chi connectivity index (χ4n) is 2.25. The molecule has 1 aliphatic rings. The number of carbonyl (C=O) groups is 1. The number of aryl methyl sites for hydroxylation is 1. The summed E-state index contributed by atoms with van der Waals surface area (Å²) in [4.78, 5) is 13.7. The first-order chi connectivity index (χ1) is 8.52.